The van der Waals surface area contributed by atoms with Crippen molar-refractivity contribution in [1.29, 1.82) is 0 Å². The Balaban J connectivity index is 2.32. The zero-order chi connectivity index (χ0) is 15.4. The third-order valence-corrected chi connectivity index (χ3v) is 3.82. The van der Waals surface area contributed by atoms with Crippen LogP contribution in [0, 0.1) is 5.92 Å². The molecule has 0 atom stereocenters. The topological polar surface area (TPSA) is 58.6 Å². The van der Waals surface area contributed by atoms with Gasteiger partial charge >= 0.3 is 6.09 Å². The fourth-order valence-electron chi connectivity index (χ4n) is 2.62. The van der Waals surface area contributed by atoms with Gasteiger partial charge in [-0.3, -0.25) is 0 Å². The number of ether oxygens (including phenoxy) is 1. The number of rotatable bonds is 4. The maximum absolute atomic E-state index is 11.8. The molecule has 0 aromatic carbocycles. The van der Waals surface area contributed by atoms with E-state index < -0.39 is 5.60 Å². The average Bonchev–Trinajstić information content (AvgIpc) is 2.24. The first kappa shape index (κ1) is 17.3. The fourth-order valence-corrected chi connectivity index (χ4v) is 2.62. The van der Waals surface area contributed by atoms with E-state index in [9.17, 15) is 9.90 Å². The van der Waals surface area contributed by atoms with Crippen LogP contribution < -0.4 is 5.32 Å². The summed E-state index contributed by atoms with van der Waals surface area (Å²) in [5.74, 6) is 0.659. The Labute approximate surface area is 123 Å². The molecule has 0 bridgehead atoms. The molecule has 0 aromatic rings. The fraction of sp³-hybridized carbons (Fsp3) is 0.938. The highest BCUT2D eigenvalue weighted by atomic mass is 16.6. The van der Waals surface area contributed by atoms with Crippen LogP contribution in [0.15, 0.2) is 0 Å². The van der Waals surface area contributed by atoms with Crippen molar-refractivity contribution in [2.75, 3.05) is 0 Å². The summed E-state index contributed by atoms with van der Waals surface area (Å²) < 4.78 is 5.53. The molecular weight excluding hydrogens is 254 g/mol. The number of carbonyl (C=O) groups is 1. The summed E-state index contributed by atoms with van der Waals surface area (Å²) in [4.78, 5) is 11.8. The van der Waals surface area contributed by atoms with Gasteiger partial charge in [-0.2, -0.15) is 0 Å². The maximum Gasteiger partial charge on any atom is 0.408 e. The van der Waals surface area contributed by atoms with Gasteiger partial charge in [0, 0.05) is 5.54 Å². The number of nitrogens with one attached hydrogen (secondary N) is 1. The van der Waals surface area contributed by atoms with Crippen molar-refractivity contribution in [2.24, 2.45) is 5.92 Å². The predicted molar refractivity (Wildman–Crippen MR) is 80.6 cm³/mol. The highest BCUT2D eigenvalue weighted by Crippen LogP contribution is 2.30. The number of amides is 1. The summed E-state index contributed by atoms with van der Waals surface area (Å²) in [6.45, 7) is 9.75. The zero-order valence-corrected chi connectivity index (χ0v) is 13.7. The van der Waals surface area contributed by atoms with Gasteiger partial charge in [0.25, 0.3) is 0 Å². The first-order chi connectivity index (χ1) is 9.07. The van der Waals surface area contributed by atoms with Crippen LogP contribution in [-0.4, -0.2) is 28.4 Å². The van der Waals surface area contributed by atoms with Gasteiger partial charge in [-0.25, -0.2) is 4.79 Å². The van der Waals surface area contributed by atoms with Gasteiger partial charge in [0.05, 0.1) is 6.10 Å². The van der Waals surface area contributed by atoms with Gasteiger partial charge in [-0.1, -0.05) is 0 Å². The van der Waals surface area contributed by atoms with Gasteiger partial charge in [0.2, 0.25) is 0 Å². The molecule has 1 aliphatic rings. The van der Waals surface area contributed by atoms with Crippen LogP contribution in [-0.2, 0) is 4.74 Å². The molecule has 0 saturated heterocycles. The van der Waals surface area contributed by atoms with E-state index in [1.807, 2.05) is 34.6 Å². The molecule has 1 rings (SSSR count). The van der Waals surface area contributed by atoms with Crippen LogP contribution in [0.25, 0.3) is 0 Å². The molecule has 1 saturated carbocycles. The molecule has 0 aromatic heterocycles. The summed E-state index contributed by atoms with van der Waals surface area (Å²) in [5.41, 5.74) is -0.710. The monoisotopic (exact) mass is 285 g/mol. The van der Waals surface area contributed by atoms with E-state index >= 15 is 0 Å². The van der Waals surface area contributed by atoms with Crippen LogP contribution >= 0.6 is 0 Å². The van der Waals surface area contributed by atoms with Gasteiger partial charge in [-0.05, 0) is 79.1 Å². The predicted octanol–water partition coefficient (Wildman–Crippen LogP) is 3.62. The zero-order valence-electron chi connectivity index (χ0n) is 13.7. The molecule has 20 heavy (non-hydrogen) atoms. The molecule has 0 unspecified atom stereocenters. The first-order valence-electron chi connectivity index (χ1n) is 7.77. The summed E-state index contributed by atoms with van der Waals surface area (Å²) >= 11 is 0. The Kier molecular flexibility index (Phi) is 5.87. The van der Waals surface area contributed by atoms with E-state index in [-0.39, 0.29) is 17.7 Å². The highest BCUT2D eigenvalue weighted by Gasteiger charge is 2.27. The van der Waals surface area contributed by atoms with E-state index in [4.69, 9.17) is 4.74 Å². The van der Waals surface area contributed by atoms with Gasteiger partial charge in [0.15, 0.2) is 0 Å². The Hall–Kier alpha value is -0.770. The molecule has 1 fully saturated rings. The number of hydrogen-bond acceptors (Lipinski definition) is 3. The smallest absolute Gasteiger partial charge is 0.408 e. The van der Waals surface area contributed by atoms with E-state index in [2.05, 4.69) is 5.32 Å². The third-order valence-electron chi connectivity index (χ3n) is 3.82. The SMILES string of the molecule is CC(C)(C)NC(=O)OC(C)(C)CCC1CCC(O)CC1. The van der Waals surface area contributed by atoms with Crippen molar-refractivity contribution >= 4 is 6.09 Å². The van der Waals surface area contributed by atoms with Crippen molar-refractivity contribution in [3.8, 4) is 0 Å². The summed E-state index contributed by atoms with van der Waals surface area (Å²) in [6.07, 6.45) is 5.48. The molecule has 4 nitrogen and oxygen atoms in total. The van der Waals surface area contributed by atoms with Gasteiger partial charge in [-0.15, -0.1) is 0 Å². The van der Waals surface area contributed by atoms with Crippen molar-refractivity contribution in [1.82, 2.24) is 5.32 Å². The van der Waals surface area contributed by atoms with Crippen molar-refractivity contribution < 1.29 is 14.6 Å². The second kappa shape index (κ2) is 6.79. The molecule has 118 valence electrons. The number of aliphatic hydroxyl groups excluding tert-OH is 1. The van der Waals surface area contributed by atoms with Crippen LogP contribution in [0.5, 0.6) is 0 Å². The van der Waals surface area contributed by atoms with Crippen molar-refractivity contribution in [3.63, 3.8) is 0 Å². The minimum atomic E-state index is -0.439. The molecule has 0 radical (unpaired) electrons. The van der Waals surface area contributed by atoms with Crippen molar-refractivity contribution in [2.45, 2.75) is 90.4 Å². The van der Waals surface area contributed by atoms with Crippen LogP contribution in [0.1, 0.15) is 73.1 Å². The van der Waals surface area contributed by atoms with E-state index in [1.54, 1.807) is 0 Å². The minimum absolute atomic E-state index is 0.104. The second-order valence-electron chi connectivity index (χ2n) is 7.74. The third kappa shape index (κ3) is 7.13. The average molecular weight is 285 g/mol. The van der Waals surface area contributed by atoms with Crippen LogP contribution in [0.4, 0.5) is 4.79 Å². The quantitative estimate of drug-likeness (QED) is 0.829. The first-order valence-corrected chi connectivity index (χ1v) is 7.77. The molecular formula is C16H31NO3. The summed E-state index contributed by atoms with van der Waals surface area (Å²) in [5, 5.41) is 12.3. The van der Waals surface area contributed by atoms with E-state index in [1.165, 1.54) is 0 Å². The summed E-state index contributed by atoms with van der Waals surface area (Å²) in [6, 6.07) is 0. The lowest BCUT2D eigenvalue weighted by molar-refractivity contribution is 0.0208. The number of hydrogen-bond donors (Lipinski definition) is 2. The van der Waals surface area contributed by atoms with Crippen LogP contribution in [0.3, 0.4) is 0 Å². The Bertz CT molecular complexity index is 312. The van der Waals surface area contributed by atoms with Crippen molar-refractivity contribution in [3.05, 3.63) is 0 Å². The Morgan fingerprint density at radius 2 is 1.70 bits per heavy atom. The van der Waals surface area contributed by atoms with Gasteiger partial charge in [0.1, 0.15) is 5.60 Å². The Morgan fingerprint density at radius 1 is 1.15 bits per heavy atom. The number of alkyl carbamates (subject to hydrolysis) is 1. The van der Waals surface area contributed by atoms with Crippen LogP contribution in [0.2, 0.25) is 0 Å². The maximum atomic E-state index is 11.8. The number of carbonyl (C=O) groups excluding carboxylic acids is 1. The second-order valence-corrected chi connectivity index (χ2v) is 7.74. The molecule has 2 N–H and O–H groups in total. The van der Waals surface area contributed by atoms with E-state index in [0.717, 1.165) is 38.5 Å². The standard InChI is InChI=1S/C16H31NO3/c1-15(2,3)17-14(19)20-16(4,5)11-10-12-6-8-13(18)9-7-12/h12-13,18H,6-11H2,1-5H3,(H,17,19). The minimum Gasteiger partial charge on any atom is -0.444 e. The number of aliphatic hydroxyl groups is 1. The lowest BCUT2D eigenvalue weighted by Gasteiger charge is -2.31. The molecule has 4 heteroatoms. The summed E-state index contributed by atoms with van der Waals surface area (Å²) in [7, 11) is 0. The normalized spacial score (nSPS) is 24.3. The Morgan fingerprint density at radius 3 is 2.20 bits per heavy atom. The molecule has 1 amide bonds. The molecule has 0 heterocycles. The van der Waals surface area contributed by atoms with E-state index in [0.29, 0.717) is 5.92 Å². The molecule has 0 spiro atoms. The van der Waals surface area contributed by atoms with Gasteiger partial charge < -0.3 is 15.2 Å². The largest absolute Gasteiger partial charge is 0.444 e. The molecule has 0 aliphatic heterocycles. The highest BCUT2D eigenvalue weighted by molar-refractivity contribution is 5.68. The molecule has 1 aliphatic carbocycles. The lowest BCUT2D eigenvalue weighted by atomic mass is 9.82. The lowest BCUT2D eigenvalue weighted by Crippen LogP contribution is -2.44.